The van der Waals surface area contributed by atoms with Gasteiger partial charge in [-0.3, -0.25) is 18.9 Å². The smallest absolute Gasteiger partial charge is 0.301 e. The number of aliphatic hydroxyl groups is 1. The van der Waals surface area contributed by atoms with Crippen molar-refractivity contribution in [3.63, 3.8) is 0 Å². The number of imidazole rings is 1. The van der Waals surface area contributed by atoms with Gasteiger partial charge in [0.1, 0.15) is 17.1 Å². The summed E-state index contributed by atoms with van der Waals surface area (Å²) in [6.07, 6.45) is 4.94. The minimum atomic E-state index is -0.894. The fourth-order valence-corrected chi connectivity index (χ4v) is 6.79. The van der Waals surface area contributed by atoms with E-state index < -0.39 is 17.7 Å². The van der Waals surface area contributed by atoms with Crippen LogP contribution in [-0.4, -0.2) is 37.8 Å². The predicted octanol–water partition coefficient (Wildman–Crippen LogP) is 7.06. The van der Waals surface area contributed by atoms with E-state index in [2.05, 4.69) is 11.9 Å². The number of nitrogens with zero attached hydrogens (tertiary/aromatic N) is 4. The van der Waals surface area contributed by atoms with E-state index in [9.17, 15) is 14.7 Å². The molecule has 4 heterocycles. The number of hydrogen-bond donors (Lipinski definition) is 1. The summed E-state index contributed by atoms with van der Waals surface area (Å²) in [4.78, 5) is 38.3. The first kappa shape index (κ1) is 27.7. The molecule has 1 N–H and O–H groups in total. The molecule has 1 aliphatic rings. The van der Waals surface area contributed by atoms with Crippen molar-refractivity contribution in [3.05, 3.63) is 94.4 Å². The lowest BCUT2D eigenvalue weighted by molar-refractivity contribution is -0.132. The molecule has 3 aromatic heterocycles. The van der Waals surface area contributed by atoms with Crippen LogP contribution in [0.25, 0.3) is 21.6 Å². The van der Waals surface area contributed by atoms with Crippen LogP contribution in [0.1, 0.15) is 60.3 Å². The first-order valence-electron chi connectivity index (χ1n) is 14.1. The van der Waals surface area contributed by atoms with Crippen LogP contribution in [-0.2, 0) is 9.59 Å². The van der Waals surface area contributed by atoms with Gasteiger partial charge in [0.15, 0.2) is 10.9 Å². The van der Waals surface area contributed by atoms with Crippen molar-refractivity contribution in [2.75, 3.05) is 11.5 Å². The molecular weight excluding hydrogens is 548 g/mol. The predicted molar refractivity (Wildman–Crippen MR) is 165 cm³/mol. The van der Waals surface area contributed by atoms with Gasteiger partial charge in [-0.25, -0.2) is 9.97 Å². The number of unbranched alkanes of at least 4 members (excludes halogenated alkanes) is 2. The Balaban J connectivity index is 1.51. The number of pyridine rings is 1. The first-order valence-corrected chi connectivity index (χ1v) is 15.0. The van der Waals surface area contributed by atoms with E-state index in [1.54, 1.807) is 17.5 Å². The second-order valence-electron chi connectivity index (χ2n) is 10.7. The third-order valence-corrected chi connectivity index (χ3v) is 8.61. The Bertz CT molecular complexity index is 1870. The number of anilines is 1. The average Bonchev–Trinajstić information content (AvgIpc) is 3.62. The van der Waals surface area contributed by atoms with Crippen LogP contribution in [0.3, 0.4) is 0 Å². The molecule has 1 unspecified atom stereocenters. The summed E-state index contributed by atoms with van der Waals surface area (Å²) in [6.45, 7) is 8.53. The number of ketones is 1. The Kier molecular flexibility index (Phi) is 7.28. The molecule has 0 bridgehead atoms. The molecule has 1 atom stereocenters. The molecule has 0 spiro atoms. The Morgan fingerprint density at radius 2 is 1.81 bits per heavy atom. The Labute approximate surface area is 247 Å². The highest BCUT2D eigenvalue weighted by Crippen LogP contribution is 2.45. The number of fused-ring (bicyclic) bond motifs is 2. The molecule has 2 aromatic carbocycles. The Morgan fingerprint density at radius 1 is 1.02 bits per heavy atom. The molecule has 1 saturated heterocycles. The van der Waals surface area contributed by atoms with E-state index in [-0.39, 0.29) is 11.3 Å². The number of hydrogen-bond acceptors (Lipinski definition) is 7. The fourth-order valence-electron chi connectivity index (χ4n) is 5.62. The van der Waals surface area contributed by atoms with Gasteiger partial charge in [-0.15, -0.1) is 0 Å². The molecular formula is C33H32N4O4S. The monoisotopic (exact) mass is 580 g/mol. The highest BCUT2D eigenvalue weighted by Gasteiger charge is 2.48. The number of aromatic nitrogens is 3. The van der Waals surface area contributed by atoms with Crippen molar-refractivity contribution in [1.82, 2.24) is 14.4 Å². The van der Waals surface area contributed by atoms with Crippen molar-refractivity contribution in [3.8, 4) is 5.75 Å². The third kappa shape index (κ3) is 4.73. The van der Waals surface area contributed by atoms with Gasteiger partial charge in [0.25, 0.3) is 5.78 Å². The zero-order valence-electron chi connectivity index (χ0n) is 24.0. The highest BCUT2D eigenvalue weighted by atomic mass is 32.1. The van der Waals surface area contributed by atoms with Crippen LogP contribution in [0.5, 0.6) is 5.75 Å². The summed E-state index contributed by atoms with van der Waals surface area (Å²) in [7, 11) is 0. The molecule has 0 radical (unpaired) electrons. The van der Waals surface area contributed by atoms with Crippen LogP contribution in [0.15, 0.2) is 66.4 Å². The molecule has 9 heteroatoms. The van der Waals surface area contributed by atoms with Crippen LogP contribution in [0.2, 0.25) is 0 Å². The zero-order valence-corrected chi connectivity index (χ0v) is 24.9. The standard InChI is InChI=1S/C33H32N4O4S/c1-5-6-9-16-41-23-13-11-22(12-14-23)29-26(30(38)28-21(4)34-25-10-7-8-15-36(25)28)31(39)32(40)37(29)33-35-27-20(3)17-19(2)18-24(27)42-33/h7-8,10-15,17-18,29,38H,5-6,9,16H2,1-4H3. The molecule has 42 heavy (non-hydrogen) atoms. The lowest BCUT2D eigenvalue weighted by atomic mass is 9.96. The van der Waals surface area contributed by atoms with Gasteiger partial charge in [0.2, 0.25) is 0 Å². The van der Waals surface area contributed by atoms with E-state index in [0.29, 0.717) is 40.1 Å². The van der Waals surface area contributed by atoms with Gasteiger partial charge in [-0.05, 0) is 74.2 Å². The number of carbonyl (C=O) groups excluding carboxylic acids is 2. The lowest BCUT2D eigenvalue weighted by Crippen LogP contribution is -2.29. The first-order chi connectivity index (χ1) is 20.3. The minimum Gasteiger partial charge on any atom is -0.505 e. The van der Waals surface area contributed by atoms with Crippen molar-refractivity contribution in [1.29, 1.82) is 0 Å². The quantitative estimate of drug-likeness (QED) is 0.0913. The van der Waals surface area contributed by atoms with E-state index in [1.165, 1.54) is 16.2 Å². The van der Waals surface area contributed by atoms with Gasteiger partial charge in [0.05, 0.1) is 34.1 Å². The van der Waals surface area contributed by atoms with Gasteiger partial charge in [-0.2, -0.15) is 0 Å². The molecule has 214 valence electrons. The van der Waals surface area contributed by atoms with Gasteiger partial charge < -0.3 is 9.84 Å². The maximum Gasteiger partial charge on any atom is 0.301 e. The highest BCUT2D eigenvalue weighted by molar-refractivity contribution is 7.22. The van der Waals surface area contributed by atoms with E-state index >= 15 is 0 Å². The molecule has 0 saturated carbocycles. The number of thiazole rings is 1. The molecule has 1 fully saturated rings. The number of aliphatic hydroxyl groups excluding tert-OH is 1. The van der Waals surface area contributed by atoms with Crippen molar-refractivity contribution in [2.24, 2.45) is 0 Å². The maximum atomic E-state index is 13.8. The number of aryl methyl sites for hydroxylation is 3. The largest absolute Gasteiger partial charge is 0.505 e. The second-order valence-corrected chi connectivity index (χ2v) is 11.7. The summed E-state index contributed by atoms with van der Waals surface area (Å²) >= 11 is 1.36. The number of amides is 1. The fraction of sp³-hybridized carbons (Fsp3) is 0.273. The summed E-state index contributed by atoms with van der Waals surface area (Å²) in [5, 5.41) is 12.2. The van der Waals surface area contributed by atoms with Crippen molar-refractivity contribution >= 4 is 49.8 Å². The number of benzene rings is 2. The van der Waals surface area contributed by atoms with Gasteiger partial charge in [0, 0.05) is 6.20 Å². The SMILES string of the molecule is CCCCCOc1ccc(C2C(=C(O)c3c(C)nc4ccccn34)C(=O)C(=O)N2c2nc3c(C)cc(C)cc3s2)cc1. The van der Waals surface area contributed by atoms with E-state index in [1.807, 2.05) is 68.4 Å². The Hall–Kier alpha value is -4.50. The molecule has 8 nitrogen and oxygen atoms in total. The van der Waals surface area contributed by atoms with Crippen LogP contribution in [0, 0.1) is 20.8 Å². The van der Waals surface area contributed by atoms with Crippen LogP contribution in [0.4, 0.5) is 5.13 Å². The normalized spacial score (nSPS) is 16.7. The molecule has 1 aliphatic heterocycles. The number of rotatable bonds is 8. The topological polar surface area (TPSA) is 97.0 Å². The summed E-state index contributed by atoms with van der Waals surface area (Å²) in [5.41, 5.74) is 5.08. The minimum absolute atomic E-state index is 0.00229. The van der Waals surface area contributed by atoms with E-state index in [0.717, 1.165) is 40.6 Å². The average molecular weight is 581 g/mol. The molecule has 5 aromatic rings. The number of carbonyl (C=O) groups is 2. The Morgan fingerprint density at radius 3 is 2.57 bits per heavy atom. The van der Waals surface area contributed by atoms with Gasteiger partial charge >= 0.3 is 5.91 Å². The van der Waals surface area contributed by atoms with Crippen molar-refractivity contribution in [2.45, 2.75) is 53.0 Å². The van der Waals surface area contributed by atoms with Crippen molar-refractivity contribution < 1.29 is 19.4 Å². The third-order valence-electron chi connectivity index (χ3n) is 7.61. The summed E-state index contributed by atoms with van der Waals surface area (Å²) < 4.78 is 8.57. The number of ether oxygens (including phenoxy) is 1. The molecule has 0 aliphatic carbocycles. The van der Waals surface area contributed by atoms with Gasteiger partial charge in [-0.1, -0.05) is 55.4 Å². The molecule has 6 rings (SSSR count). The van der Waals surface area contributed by atoms with E-state index in [4.69, 9.17) is 9.72 Å². The molecule has 1 amide bonds. The maximum absolute atomic E-state index is 13.8. The van der Waals surface area contributed by atoms with Crippen LogP contribution < -0.4 is 9.64 Å². The summed E-state index contributed by atoms with van der Waals surface area (Å²) in [6, 6.07) is 16.1. The van der Waals surface area contributed by atoms with Crippen LogP contribution >= 0.6 is 11.3 Å². The summed E-state index contributed by atoms with van der Waals surface area (Å²) in [5.74, 6) is -1.07. The lowest BCUT2D eigenvalue weighted by Gasteiger charge is -2.23. The second kappa shape index (κ2) is 11.1. The zero-order chi connectivity index (χ0) is 29.5. The number of Topliss-reactive ketones (excluding diaryl/α,β-unsaturated/α-hetero) is 1.